The van der Waals surface area contributed by atoms with Crippen molar-refractivity contribution in [2.24, 2.45) is 5.73 Å². The second-order valence-electron chi connectivity index (χ2n) is 6.49. The summed E-state index contributed by atoms with van der Waals surface area (Å²) in [6.07, 6.45) is -0.657. The first-order valence-corrected chi connectivity index (χ1v) is 10.2. The van der Waals surface area contributed by atoms with Gasteiger partial charge in [-0.2, -0.15) is 0 Å². The summed E-state index contributed by atoms with van der Waals surface area (Å²) in [6.45, 7) is 0. The summed E-state index contributed by atoms with van der Waals surface area (Å²) in [7, 11) is -3.82. The molecule has 0 aliphatic heterocycles. The maximum Gasteiger partial charge on any atom is 0.328 e. The maximum absolute atomic E-state index is 12.8. The van der Waals surface area contributed by atoms with E-state index in [4.69, 9.17) is 5.73 Å². The molecular formula is C20H20NO4P. The molecular weight excluding hydrogens is 349 g/mol. The second kappa shape index (κ2) is 7.04. The average molecular weight is 369 g/mol. The summed E-state index contributed by atoms with van der Waals surface area (Å²) < 4.78 is 12.8. The fraction of sp³-hybridized carbons (Fsp3) is 0.150. The molecule has 26 heavy (non-hydrogen) atoms. The van der Waals surface area contributed by atoms with E-state index in [1.165, 1.54) is 0 Å². The molecule has 6 heteroatoms. The number of nitrogens with two attached hydrogens (primary N) is 1. The third-order valence-electron chi connectivity index (χ3n) is 4.42. The monoisotopic (exact) mass is 369 g/mol. The molecule has 0 radical (unpaired) electrons. The summed E-state index contributed by atoms with van der Waals surface area (Å²) in [5.41, 5.74) is 5.20. The number of hydrogen-bond acceptors (Lipinski definition) is 3. The van der Waals surface area contributed by atoms with Crippen LogP contribution < -0.4 is 5.73 Å². The van der Waals surface area contributed by atoms with Crippen LogP contribution in [-0.4, -0.2) is 22.1 Å². The number of carbonyl (C=O) groups is 1. The van der Waals surface area contributed by atoms with Crippen LogP contribution in [0.4, 0.5) is 0 Å². The van der Waals surface area contributed by atoms with E-state index < -0.39 is 25.0 Å². The van der Waals surface area contributed by atoms with E-state index in [9.17, 15) is 19.4 Å². The van der Waals surface area contributed by atoms with E-state index >= 15 is 0 Å². The number of carboxylic acid groups (broad SMARTS) is 1. The van der Waals surface area contributed by atoms with Crippen LogP contribution >= 0.6 is 7.37 Å². The number of benzene rings is 3. The Kier molecular flexibility index (Phi) is 4.97. The molecule has 0 fully saturated rings. The minimum atomic E-state index is -3.82. The highest BCUT2D eigenvalue weighted by Crippen LogP contribution is 2.48. The van der Waals surface area contributed by atoms with Crippen LogP contribution in [0.5, 0.6) is 0 Å². The quantitative estimate of drug-likeness (QED) is 0.577. The Morgan fingerprint density at radius 1 is 0.962 bits per heavy atom. The largest absolute Gasteiger partial charge is 0.480 e. The van der Waals surface area contributed by atoms with E-state index in [0.717, 1.165) is 10.8 Å². The van der Waals surface area contributed by atoms with E-state index in [1.54, 1.807) is 42.5 Å². The molecule has 3 aromatic rings. The van der Waals surface area contributed by atoms with E-state index in [0.29, 0.717) is 11.1 Å². The lowest BCUT2D eigenvalue weighted by atomic mass is 9.91. The van der Waals surface area contributed by atoms with Crippen molar-refractivity contribution in [1.82, 2.24) is 0 Å². The molecule has 2 atom stereocenters. The van der Waals surface area contributed by atoms with Gasteiger partial charge in [0.15, 0.2) is 0 Å². The van der Waals surface area contributed by atoms with Crippen molar-refractivity contribution in [3.63, 3.8) is 0 Å². The maximum atomic E-state index is 12.8. The van der Waals surface area contributed by atoms with Gasteiger partial charge in [0.05, 0.1) is 6.16 Å². The number of fused-ring (bicyclic) bond motifs is 1. The van der Waals surface area contributed by atoms with Gasteiger partial charge in [-0.1, -0.05) is 66.7 Å². The lowest BCUT2D eigenvalue weighted by Gasteiger charge is -2.28. The molecule has 0 bridgehead atoms. The Morgan fingerprint density at radius 2 is 1.58 bits per heavy atom. The van der Waals surface area contributed by atoms with Crippen LogP contribution in [0.1, 0.15) is 11.1 Å². The number of rotatable bonds is 6. The van der Waals surface area contributed by atoms with Crippen LogP contribution in [-0.2, 0) is 21.1 Å². The molecule has 3 rings (SSSR count). The van der Waals surface area contributed by atoms with Gasteiger partial charge in [-0.3, -0.25) is 4.57 Å². The highest BCUT2D eigenvalue weighted by atomic mass is 31.2. The first-order valence-electron chi connectivity index (χ1n) is 8.16. The van der Waals surface area contributed by atoms with Crippen molar-refractivity contribution in [1.29, 1.82) is 0 Å². The van der Waals surface area contributed by atoms with E-state index in [2.05, 4.69) is 0 Å². The molecule has 5 nitrogen and oxygen atoms in total. The molecule has 4 N–H and O–H groups in total. The summed E-state index contributed by atoms with van der Waals surface area (Å²) in [5, 5.41) is 11.5. The second-order valence-corrected chi connectivity index (χ2v) is 8.81. The number of aliphatic carboxylic acids is 1. The van der Waals surface area contributed by atoms with Gasteiger partial charge in [0, 0.05) is 6.16 Å². The third kappa shape index (κ3) is 3.86. The van der Waals surface area contributed by atoms with Gasteiger partial charge in [-0.25, -0.2) is 4.79 Å². The summed E-state index contributed by atoms with van der Waals surface area (Å²) in [6, 6.07) is 21.4. The standard InChI is InChI=1S/C20H20NO4P/c21-20(19(22)23,14-26(24,25)13-15-6-2-1-3-7-15)18-11-10-16-8-4-5-9-17(16)12-18/h1-12H,13-14,21H2,(H,22,23)(H,24,25). The lowest BCUT2D eigenvalue weighted by molar-refractivity contribution is -0.142. The smallest absolute Gasteiger partial charge is 0.328 e. The minimum absolute atomic E-state index is 0.117. The number of carboxylic acids is 1. The summed E-state index contributed by atoms with van der Waals surface area (Å²) in [5.74, 6) is -1.32. The van der Waals surface area contributed by atoms with Gasteiger partial charge in [0.1, 0.15) is 5.54 Å². The van der Waals surface area contributed by atoms with Gasteiger partial charge >= 0.3 is 5.97 Å². The predicted molar refractivity (Wildman–Crippen MR) is 102 cm³/mol. The fourth-order valence-corrected chi connectivity index (χ4v) is 5.05. The van der Waals surface area contributed by atoms with Gasteiger partial charge in [0.2, 0.25) is 7.37 Å². The Hall–Kier alpha value is -2.46. The van der Waals surface area contributed by atoms with Gasteiger partial charge < -0.3 is 15.7 Å². The molecule has 3 aromatic carbocycles. The molecule has 0 amide bonds. The van der Waals surface area contributed by atoms with Gasteiger partial charge in [-0.05, 0) is 28.0 Å². The molecule has 0 aromatic heterocycles. The van der Waals surface area contributed by atoms with Crippen molar-refractivity contribution in [3.05, 3.63) is 83.9 Å². The van der Waals surface area contributed by atoms with Crippen LogP contribution in [0, 0.1) is 0 Å². The highest BCUT2D eigenvalue weighted by Gasteiger charge is 2.42. The molecule has 0 aliphatic rings. The highest BCUT2D eigenvalue weighted by molar-refractivity contribution is 7.57. The Morgan fingerprint density at radius 3 is 2.23 bits per heavy atom. The topological polar surface area (TPSA) is 101 Å². The molecule has 0 spiro atoms. The molecule has 134 valence electrons. The van der Waals surface area contributed by atoms with Crippen molar-refractivity contribution in [3.8, 4) is 0 Å². The zero-order chi connectivity index (χ0) is 18.8. The fourth-order valence-electron chi connectivity index (χ4n) is 3.06. The zero-order valence-corrected chi connectivity index (χ0v) is 15.0. The van der Waals surface area contributed by atoms with Crippen molar-refractivity contribution >= 4 is 24.1 Å². The summed E-state index contributed by atoms with van der Waals surface area (Å²) >= 11 is 0. The Bertz CT molecular complexity index is 989. The van der Waals surface area contributed by atoms with E-state index in [1.807, 2.05) is 30.3 Å². The van der Waals surface area contributed by atoms with Crippen LogP contribution in [0.25, 0.3) is 10.8 Å². The summed E-state index contributed by atoms with van der Waals surface area (Å²) in [4.78, 5) is 22.4. The molecule has 0 aliphatic carbocycles. The molecule has 0 saturated heterocycles. The first-order chi connectivity index (χ1) is 12.3. The minimum Gasteiger partial charge on any atom is -0.480 e. The molecule has 0 saturated carbocycles. The average Bonchev–Trinajstić information content (AvgIpc) is 2.61. The molecule has 0 heterocycles. The molecule has 2 unspecified atom stereocenters. The Labute approximate surface area is 151 Å². The van der Waals surface area contributed by atoms with Gasteiger partial charge in [0.25, 0.3) is 0 Å². The van der Waals surface area contributed by atoms with Crippen molar-refractivity contribution < 1.29 is 19.4 Å². The van der Waals surface area contributed by atoms with Gasteiger partial charge in [-0.15, -0.1) is 0 Å². The first kappa shape index (κ1) is 18.3. The SMILES string of the molecule is NC(CP(=O)(O)Cc1ccccc1)(C(=O)O)c1ccc2ccccc2c1. The van der Waals surface area contributed by atoms with Crippen molar-refractivity contribution in [2.45, 2.75) is 11.7 Å². The number of hydrogen-bond donors (Lipinski definition) is 3. The van der Waals surface area contributed by atoms with Crippen molar-refractivity contribution in [2.75, 3.05) is 6.16 Å². The zero-order valence-electron chi connectivity index (χ0n) is 14.1. The predicted octanol–water partition coefficient (Wildman–Crippen LogP) is 3.55. The van der Waals surface area contributed by atoms with Crippen LogP contribution in [0.3, 0.4) is 0 Å². The normalized spacial score (nSPS) is 15.9. The van der Waals surface area contributed by atoms with Crippen LogP contribution in [0.2, 0.25) is 0 Å². The van der Waals surface area contributed by atoms with Crippen LogP contribution in [0.15, 0.2) is 72.8 Å². The third-order valence-corrected chi connectivity index (χ3v) is 6.27. The lowest BCUT2D eigenvalue weighted by Crippen LogP contribution is -2.48. The van der Waals surface area contributed by atoms with E-state index in [-0.39, 0.29) is 6.16 Å². The Balaban J connectivity index is 1.96.